The van der Waals surface area contributed by atoms with Crippen LogP contribution in [-0.4, -0.2) is 0 Å². The molecule has 1 heteroatoms. The molecule has 0 aliphatic heterocycles. The molecule has 1 aromatic rings. The predicted molar refractivity (Wildman–Crippen MR) is 54.4 cm³/mol. The zero-order valence-electron chi connectivity index (χ0n) is 8.25. The van der Waals surface area contributed by atoms with Gasteiger partial charge < -0.3 is 0 Å². The first kappa shape index (κ1) is 9.80. The Morgan fingerprint density at radius 3 is 2.62 bits per heavy atom. The fraction of sp³-hybridized carbons (Fsp3) is 0.417. The molecule has 0 bridgehead atoms. The minimum absolute atomic E-state index is 0.0752. The third-order valence-electron chi connectivity index (χ3n) is 2.30. The fourth-order valence-electron chi connectivity index (χ4n) is 1.56. The number of nitrogens with zero attached hydrogens (tertiary/aromatic N) is 1. The van der Waals surface area contributed by atoms with Gasteiger partial charge in [-0.2, -0.15) is 5.26 Å². The molecule has 0 heterocycles. The third-order valence-corrected chi connectivity index (χ3v) is 2.30. The molecule has 1 rings (SSSR count). The van der Waals surface area contributed by atoms with E-state index in [1.54, 1.807) is 0 Å². The van der Waals surface area contributed by atoms with Gasteiger partial charge in [0.05, 0.1) is 12.0 Å². The van der Waals surface area contributed by atoms with Gasteiger partial charge in [-0.3, -0.25) is 0 Å². The van der Waals surface area contributed by atoms with E-state index in [1.807, 2.05) is 12.1 Å². The van der Waals surface area contributed by atoms with Gasteiger partial charge in [-0.15, -0.1) is 0 Å². The first-order chi connectivity index (χ1) is 6.29. The van der Waals surface area contributed by atoms with Gasteiger partial charge >= 0.3 is 0 Å². The SMILES string of the molecule is CCCC(C#N)c1ccccc1C. The van der Waals surface area contributed by atoms with Crippen LogP contribution in [0.25, 0.3) is 0 Å². The van der Waals surface area contributed by atoms with E-state index in [4.69, 9.17) is 5.26 Å². The molecule has 0 spiro atoms. The monoisotopic (exact) mass is 173 g/mol. The molecule has 1 unspecified atom stereocenters. The van der Waals surface area contributed by atoms with Crippen molar-refractivity contribution in [2.75, 3.05) is 0 Å². The maximum atomic E-state index is 8.99. The summed E-state index contributed by atoms with van der Waals surface area (Å²) in [5.41, 5.74) is 2.41. The van der Waals surface area contributed by atoms with Crippen LogP contribution >= 0.6 is 0 Å². The fourth-order valence-corrected chi connectivity index (χ4v) is 1.56. The van der Waals surface area contributed by atoms with Crippen LogP contribution in [0, 0.1) is 18.3 Å². The summed E-state index contributed by atoms with van der Waals surface area (Å²) in [6.45, 7) is 4.18. The number of aryl methyl sites for hydroxylation is 1. The Morgan fingerprint density at radius 2 is 2.08 bits per heavy atom. The van der Waals surface area contributed by atoms with Crippen LogP contribution in [0.15, 0.2) is 24.3 Å². The molecule has 0 aliphatic rings. The summed E-state index contributed by atoms with van der Waals surface area (Å²) in [5.74, 6) is 0.0752. The summed E-state index contributed by atoms with van der Waals surface area (Å²) in [7, 11) is 0. The number of benzene rings is 1. The Morgan fingerprint density at radius 1 is 1.38 bits per heavy atom. The molecule has 0 radical (unpaired) electrons. The van der Waals surface area contributed by atoms with E-state index in [-0.39, 0.29) is 5.92 Å². The molecular formula is C12H15N. The molecule has 0 N–H and O–H groups in total. The maximum Gasteiger partial charge on any atom is 0.0715 e. The normalized spacial score (nSPS) is 12.1. The quantitative estimate of drug-likeness (QED) is 0.687. The van der Waals surface area contributed by atoms with Crippen molar-refractivity contribution in [1.82, 2.24) is 0 Å². The topological polar surface area (TPSA) is 23.8 Å². The van der Waals surface area contributed by atoms with Crippen molar-refractivity contribution in [1.29, 1.82) is 5.26 Å². The molecular weight excluding hydrogens is 158 g/mol. The molecule has 0 amide bonds. The van der Waals surface area contributed by atoms with E-state index >= 15 is 0 Å². The number of nitriles is 1. The molecule has 1 atom stereocenters. The minimum atomic E-state index is 0.0752. The van der Waals surface area contributed by atoms with Crippen LogP contribution in [0.3, 0.4) is 0 Å². The molecule has 0 fully saturated rings. The molecule has 0 aromatic heterocycles. The average molecular weight is 173 g/mol. The lowest BCUT2D eigenvalue weighted by Crippen LogP contribution is -1.97. The van der Waals surface area contributed by atoms with Crippen LogP contribution in [0.4, 0.5) is 0 Å². The Balaban J connectivity index is 2.92. The second-order valence-electron chi connectivity index (χ2n) is 3.33. The van der Waals surface area contributed by atoms with Crippen molar-refractivity contribution in [3.05, 3.63) is 35.4 Å². The van der Waals surface area contributed by atoms with E-state index < -0.39 is 0 Å². The zero-order valence-corrected chi connectivity index (χ0v) is 8.25. The summed E-state index contributed by atoms with van der Waals surface area (Å²) in [6.07, 6.45) is 2.02. The lowest BCUT2D eigenvalue weighted by atomic mass is 9.92. The molecule has 0 aliphatic carbocycles. The molecule has 13 heavy (non-hydrogen) atoms. The van der Waals surface area contributed by atoms with E-state index in [9.17, 15) is 0 Å². The van der Waals surface area contributed by atoms with E-state index in [0.717, 1.165) is 12.8 Å². The van der Waals surface area contributed by atoms with Gasteiger partial charge in [0.1, 0.15) is 0 Å². The van der Waals surface area contributed by atoms with Crippen molar-refractivity contribution >= 4 is 0 Å². The summed E-state index contributed by atoms with van der Waals surface area (Å²) in [6, 6.07) is 10.5. The highest BCUT2D eigenvalue weighted by molar-refractivity contribution is 5.32. The summed E-state index contributed by atoms with van der Waals surface area (Å²) in [4.78, 5) is 0. The lowest BCUT2D eigenvalue weighted by Gasteiger charge is -2.10. The lowest BCUT2D eigenvalue weighted by molar-refractivity contribution is 0.723. The molecule has 0 saturated heterocycles. The maximum absolute atomic E-state index is 8.99. The molecule has 0 saturated carbocycles. The highest BCUT2D eigenvalue weighted by Crippen LogP contribution is 2.23. The number of hydrogen-bond donors (Lipinski definition) is 0. The average Bonchev–Trinajstić information content (AvgIpc) is 2.16. The van der Waals surface area contributed by atoms with Crippen molar-refractivity contribution in [3.63, 3.8) is 0 Å². The van der Waals surface area contributed by atoms with Crippen LogP contribution in [0.5, 0.6) is 0 Å². The van der Waals surface area contributed by atoms with Crippen LogP contribution in [-0.2, 0) is 0 Å². The Labute approximate surface area is 80.0 Å². The number of hydrogen-bond acceptors (Lipinski definition) is 1. The van der Waals surface area contributed by atoms with E-state index in [2.05, 4.69) is 32.0 Å². The standard InChI is InChI=1S/C12H15N/c1-3-6-11(9-13)12-8-5-4-7-10(12)2/h4-5,7-8,11H,3,6H2,1-2H3. The summed E-state index contributed by atoms with van der Waals surface area (Å²) in [5, 5.41) is 8.99. The first-order valence-corrected chi connectivity index (χ1v) is 4.74. The van der Waals surface area contributed by atoms with Gasteiger partial charge in [-0.25, -0.2) is 0 Å². The van der Waals surface area contributed by atoms with Crippen LogP contribution in [0.2, 0.25) is 0 Å². The summed E-state index contributed by atoms with van der Waals surface area (Å²) < 4.78 is 0. The Kier molecular flexibility index (Phi) is 3.52. The molecule has 1 nitrogen and oxygen atoms in total. The second-order valence-corrected chi connectivity index (χ2v) is 3.33. The van der Waals surface area contributed by atoms with Crippen LogP contribution < -0.4 is 0 Å². The van der Waals surface area contributed by atoms with Gasteiger partial charge in [0.15, 0.2) is 0 Å². The third kappa shape index (κ3) is 2.32. The van der Waals surface area contributed by atoms with Crippen molar-refractivity contribution in [2.24, 2.45) is 0 Å². The Hall–Kier alpha value is -1.29. The predicted octanol–water partition coefficient (Wildman–Crippen LogP) is 3.40. The van der Waals surface area contributed by atoms with Crippen LogP contribution in [0.1, 0.15) is 36.8 Å². The highest BCUT2D eigenvalue weighted by atomic mass is 14.3. The highest BCUT2D eigenvalue weighted by Gasteiger charge is 2.10. The van der Waals surface area contributed by atoms with Gasteiger partial charge in [0.2, 0.25) is 0 Å². The van der Waals surface area contributed by atoms with E-state index in [0.29, 0.717) is 0 Å². The number of rotatable bonds is 3. The first-order valence-electron chi connectivity index (χ1n) is 4.74. The molecule has 68 valence electrons. The largest absolute Gasteiger partial charge is 0.198 e. The Bertz CT molecular complexity index is 309. The van der Waals surface area contributed by atoms with Crippen molar-refractivity contribution in [3.8, 4) is 6.07 Å². The van der Waals surface area contributed by atoms with Gasteiger partial charge in [0.25, 0.3) is 0 Å². The van der Waals surface area contributed by atoms with Crippen molar-refractivity contribution < 1.29 is 0 Å². The van der Waals surface area contributed by atoms with E-state index in [1.165, 1.54) is 11.1 Å². The van der Waals surface area contributed by atoms with Gasteiger partial charge in [0, 0.05) is 0 Å². The van der Waals surface area contributed by atoms with Crippen molar-refractivity contribution in [2.45, 2.75) is 32.6 Å². The minimum Gasteiger partial charge on any atom is -0.198 e. The van der Waals surface area contributed by atoms with Gasteiger partial charge in [-0.05, 0) is 24.5 Å². The molecule has 1 aromatic carbocycles. The smallest absolute Gasteiger partial charge is 0.0715 e. The zero-order chi connectivity index (χ0) is 9.68. The second kappa shape index (κ2) is 4.67. The van der Waals surface area contributed by atoms with Gasteiger partial charge in [-0.1, -0.05) is 37.6 Å². The summed E-state index contributed by atoms with van der Waals surface area (Å²) >= 11 is 0.